The Labute approximate surface area is 187 Å². The second-order valence-electron chi connectivity index (χ2n) is 9.50. The van der Waals surface area contributed by atoms with Gasteiger partial charge in [-0.25, -0.2) is 4.98 Å². The lowest BCUT2D eigenvalue weighted by Gasteiger charge is -2.35. The summed E-state index contributed by atoms with van der Waals surface area (Å²) >= 11 is 1.29. The van der Waals surface area contributed by atoms with E-state index in [-0.39, 0.29) is 30.0 Å². The lowest BCUT2D eigenvalue weighted by atomic mass is 9.92. The predicted molar refractivity (Wildman–Crippen MR) is 122 cm³/mol. The Morgan fingerprint density at radius 1 is 1.16 bits per heavy atom. The van der Waals surface area contributed by atoms with Crippen LogP contribution in [0.1, 0.15) is 61.7 Å². The zero-order chi connectivity index (χ0) is 22.3. The molecule has 3 atom stereocenters. The molecule has 2 aliphatic heterocycles. The van der Waals surface area contributed by atoms with Crippen LogP contribution in [0.4, 0.5) is 0 Å². The van der Waals surface area contributed by atoms with E-state index in [0.717, 1.165) is 45.3 Å². The van der Waals surface area contributed by atoms with Crippen LogP contribution in [0.2, 0.25) is 0 Å². The van der Waals surface area contributed by atoms with E-state index in [0.29, 0.717) is 32.5 Å². The number of hydrogen-bond donors (Lipinski definition) is 0. The molecule has 4 rings (SSSR count). The van der Waals surface area contributed by atoms with Gasteiger partial charge in [-0.05, 0) is 56.9 Å². The lowest BCUT2D eigenvalue weighted by Crippen LogP contribution is -2.44. The molecule has 0 unspecified atom stereocenters. The minimum atomic E-state index is -0.240. The van der Waals surface area contributed by atoms with Crippen molar-refractivity contribution in [1.29, 1.82) is 0 Å². The highest BCUT2D eigenvalue weighted by molar-refractivity contribution is 7.20. The second-order valence-corrected chi connectivity index (χ2v) is 10.5. The third-order valence-corrected chi connectivity index (χ3v) is 7.89. The van der Waals surface area contributed by atoms with Crippen LogP contribution in [0.5, 0.6) is 0 Å². The molecule has 0 spiro atoms. The third-order valence-electron chi connectivity index (χ3n) is 6.70. The van der Waals surface area contributed by atoms with Crippen LogP contribution < -0.4 is 5.56 Å². The molecule has 4 heterocycles. The van der Waals surface area contributed by atoms with Crippen LogP contribution in [0, 0.1) is 18.8 Å². The van der Waals surface area contributed by atoms with Gasteiger partial charge in [0.15, 0.2) is 0 Å². The number of amides is 2. The van der Waals surface area contributed by atoms with Crippen LogP contribution in [0.25, 0.3) is 10.2 Å². The molecular weight excluding hydrogens is 412 g/mol. The number of aromatic nitrogens is 2. The quantitative estimate of drug-likeness (QED) is 0.728. The minimum absolute atomic E-state index is 0.00832. The third kappa shape index (κ3) is 4.27. The van der Waals surface area contributed by atoms with Gasteiger partial charge < -0.3 is 9.80 Å². The van der Waals surface area contributed by atoms with E-state index in [2.05, 4.69) is 25.8 Å². The van der Waals surface area contributed by atoms with Crippen molar-refractivity contribution < 1.29 is 9.59 Å². The topological polar surface area (TPSA) is 75.5 Å². The number of rotatable bonds is 3. The molecule has 2 aromatic rings. The molecule has 7 nitrogen and oxygen atoms in total. The van der Waals surface area contributed by atoms with E-state index in [1.54, 1.807) is 0 Å². The van der Waals surface area contributed by atoms with Gasteiger partial charge in [-0.2, -0.15) is 0 Å². The van der Waals surface area contributed by atoms with Crippen LogP contribution in [-0.2, 0) is 11.3 Å². The monoisotopic (exact) mass is 444 g/mol. The van der Waals surface area contributed by atoms with Crippen molar-refractivity contribution in [2.45, 2.75) is 66.0 Å². The zero-order valence-electron chi connectivity index (χ0n) is 18.9. The summed E-state index contributed by atoms with van der Waals surface area (Å²) in [6, 6.07) is 0.211. The van der Waals surface area contributed by atoms with Gasteiger partial charge >= 0.3 is 0 Å². The summed E-state index contributed by atoms with van der Waals surface area (Å²) in [7, 11) is 0. The summed E-state index contributed by atoms with van der Waals surface area (Å²) in [6.45, 7) is 10.4. The van der Waals surface area contributed by atoms with Crippen molar-refractivity contribution >= 4 is 33.4 Å². The van der Waals surface area contributed by atoms with Crippen LogP contribution in [0.3, 0.4) is 0 Å². The number of fused-ring (bicyclic) bond motifs is 1. The highest BCUT2D eigenvalue weighted by atomic mass is 32.1. The Hall–Kier alpha value is -2.22. The number of piperidine rings is 2. The number of nitrogens with zero attached hydrogens (tertiary/aromatic N) is 4. The predicted octanol–water partition coefficient (Wildman–Crippen LogP) is 3.29. The van der Waals surface area contributed by atoms with Crippen LogP contribution in [-0.4, -0.2) is 56.8 Å². The molecule has 0 radical (unpaired) electrons. The van der Waals surface area contributed by atoms with Gasteiger partial charge in [0.25, 0.3) is 11.5 Å². The summed E-state index contributed by atoms with van der Waals surface area (Å²) in [5.74, 6) is 0.879. The molecule has 168 valence electrons. The Kier molecular flexibility index (Phi) is 6.19. The molecule has 2 aromatic heterocycles. The Bertz CT molecular complexity index is 1050. The van der Waals surface area contributed by atoms with Crippen molar-refractivity contribution in [3.8, 4) is 0 Å². The van der Waals surface area contributed by atoms with Crippen LogP contribution >= 0.6 is 11.3 Å². The minimum Gasteiger partial charge on any atom is -0.341 e. The number of hydrogen-bond acceptors (Lipinski definition) is 5. The average molecular weight is 445 g/mol. The van der Waals surface area contributed by atoms with Gasteiger partial charge in [-0.3, -0.25) is 19.0 Å². The first-order chi connectivity index (χ1) is 14.8. The largest absolute Gasteiger partial charge is 0.341 e. The van der Waals surface area contributed by atoms with Crippen molar-refractivity contribution in [2.24, 2.45) is 11.8 Å². The summed E-state index contributed by atoms with van der Waals surface area (Å²) in [5.41, 5.74) is 0.443. The summed E-state index contributed by atoms with van der Waals surface area (Å²) in [5, 5.41) is 0.466. The van der Waals surface area contributed by atoms with Gasteiger partial charge in [-0.1, -0.05) is 13.8 Å². The van der Waals surface area contributed by atoms with Gasteiger partial charge in [0.1, 0.15) is 11.4 Å². The molecule has 8 heteroatoms. The zero-order valence-corrected chi connectivity index (χ0v) is 19.7. The molecule has 0 bridgehead atoms. The fourth-order valence-electron chi connectivity index (χ4n) is 5.12. The molecule has 0 saturated carbocycles. The van der Waals surface area contributed by atoms with E-state index in [1.165, 1.54) is 22.2 Å². The van der Waals surface area contributed by atoms with Gasteiger partial charge in [0.05, 0.1) is 16.6 Å². The maximum Gasteiger partial charge on any atom is 0.264 e. The Balaban J connectivity index is 1.60. The normalized spacial score (nSPS) is 24.6. The number of thiophene rings is 1. The van der Waals surface area contributed by atoms with Crippen molar-refractivity contribution in [2.75, 3.05) is 19.6 Å². The molecule has 0 N–H and O–H groups in total. The van der Waals surface area contributed by atoms with E-state index in [1.807, 2.05) is 16.7 Å². The maximum absolute atomic E-state index is 13.2. The number of aryl methyl sites for hydroxylation is 1. The Morgan fingerprint density at radius 3 is 2.55 bits per heavy atom. The van der Waals surface area contributed by atoms with Crippen molar-refractivity contribution in [3.05, 3.63) is 27.1 Å². The van der Waals surface area contributed by atoms with Crippen molar-refractivity contribution in [1.82, 2.24) is 19.4 Å². The fraction of sp³-hybridized carbons (Fsp3) is 0.652. The van der Waals surface area contributed by atoms with E-state index < -0.39 is 0 Å². The summed E-state index contributed by atoms with van der Waals surface area (Å²) in [4.78, 5) is 48.6. The van der Waals surface area contributed by atoms with E-state index in [9.17, 15) is 14.4 Å². The smallest absolute Gasteiger partial charge is 0.264 e. The number of carbonyl (C=O) groups excluding carboxylic acids is 2. The molecular formula is C23H32N4O3S. The molecule has 2 amide bonds. The van der Waals surface area contributed by atoms with Gasteiger partial charge in [0.2, 0.25) is 5.91 Å². The summed E-state index contributed by atoms with van der Waals surface area (Å²) in [6.07, 6.45) is 5.74. The van der Waals surface area contributed by atoms with E-state index in [4.69, 9.17) is 0 Å². The molecule has 0 aromatic carbocycles. The highest BCUT2D eigenvalue weighted by Gasteiger charge is 2.29. The van der Waals surface area contributed by atoms with Crippen LogP contribution in [0.15, 0.2) is 11.1 Å². The van der Waals surface area contributed by atoms with Crippen molar-refractivity contribution in [3.63, 3.8) is 0 Å². The number of likely N-dealkylation sites (tertiary alicyclic amines) is 2. The van der Waals surface area contributed by atoms with Gasteiger partial charge in [-0.15, -0.1) is 11.3 Å². The average Bonchev–Trinajstić information content (AvgIpc) is 3.06. The summed E-state index contributed by atoms with van der Waals surface area (Å²) < 4.78 is 1.39. The second kappa shape index (κ2) is 8.73. The molecule has 2 aliphatic rings. The molecule has 31 heavy (non-hydrogen) atoms. The first-order valence-electron chi connectivity index (χ1n) is 11.3. The first kappa shape index (κ1) is 22.0. The first-order valence-corrected chi connectivity index (χ1v) is 12.1. The molecule has 2 fully saturated rings. The van der Waals surface area contributed by atoms with E-state index >= 15 is 0 Å². The number of carbonyl (C=O) groups is 2. The maximum atomic E-state index is 13.2. The molecule has 2 saturated heterocycles. The molecule has 0 aliphatic carbocycles. The standard InChI is InChI=1S/C23H32N4O3S/c1-14-9-15(2)11-25(10-14)18(28)12-26-13-24-21-19(22(26)29)17(4)20(31-21)23(30)27-8-6-5-7-16(27)3/h13-16H,5-12H2,1-4H3/t14-,15+,16-/m1/s1. The van der Waals surface area contributed by atoms with Gasteiger partial charge in [0, 0.05) is 25.7 Å². The highest BCUT2D eigenvalue weighted by Crippen LogP contribution is 2.30. The Morgan fingerprint density at radius 2 is 1.87 bits per heavy atom. The lowest BCUT2D eigenvalue weighted by molar-refractivity contribution is -0.134. The SMILES string of the molecule is Cc1c(C(=O)N2CCCC[C@H]2C)sc2ncn(CC(=O)N3C[C@H](C)C[C@H](C)C3)c(=O)c12. The fourth-order valence-corrected chi connectivity index (χ4v) is 6.21.